The van der Waals surface area contributed by atoms with Crippen LogP contribution in [0.1, 0.15) is 11.1 Å². The minimum atomic E-state index is 0.299. The van der Waals surface area contributed by atoms with Crippen LogP contribution >= 0.6 is 0 Å². The lowest BCUT2D eigenvalue weighted by Crippen LogP contribution is -1.88. The molecule has 0 fully saturated rings. The number of benzene rings is 1. The molecular weight excluding hydrogens is 162 g/mol. The third-order valence-electron chi connectivity index (χ3n) is 1.78. The number of rotatable bonds is 3. The van der Waals surface area contributed by atoms with Crippen LogP contribution < -0.4 is 0 Å². The molecular formula is C11H13NO. The van der Waals surface area contributed by atoms with E-state index in [0.717, 1.165) is 11.1 Å². The zero-order valence-electron chi connectivity index (χ0n) is 7.70. The summed E-state index contributed by atoms with van der Waals surface area (Å²) >= 11 is 0. The highest BCUT2D eigenvalue weighted by Crippen LogP contribution is 2.21. The molecule has 13 heavy (non-hydrogen) atoms. The molecule has 0 saturated heterocycles. The summed E-state index contributed by atoms with van der Waals surface area (Å²) in [5, 5.41) is 9.71. The lowest BCUT2D eigenvalue weighted by molar-refractivity contribution is 0.469. The van der Waals surface area contributed by atoms with Crippen LogP contribution in [0.3, 0.4) is 0 Å². The van der Waals surface area contributed by atoms with Gasteiger partial charge in [0.2, 0.25) is 0 Å². The molecule has 0 aromatic heterocycles. The molecule has 2 nitrogen and oxygen atoms in total. The Labute approximate surface area is 78.3 Å². The molecule has 0 spiro atoms. The number of aliphatic imine (C=N–C) groups is 1. The van der Waals surface area contributed by atoms with Crippen molar-refractivity contribution in [2.75, 3.05) is 7.05 Å². The third kappa shape index (κ3) is 2.18. The Bertz CT molecular complexity index is 329. The van der Waals surface area contributed by atoms with Crippen LogP contribution in [0.25, 0.3) is 0 Å². The van der Waals surface area contributed by atoms with Gasteiger partial charge in [-0.2, -0.15) is 0 Å². The highest BCUT2D eigenvalue weighted by Gasteiger charge is 2.02. The summed E-state index contributed by atoms with van der Waals surface area (Å²) in [7, 11) is 1.68. The maximum absolute atomic E-state index is 9.71. The normalized spacial score (nSPS) is 10.5. The van der Waals surface area contributed by atoms with Gasteiger partial charge in [0.1, 0.15) is 5.75 Å². The first kappa shape index (κ1) is 9.52. The summed E-state index contributed by atoms with van der Waals surface area (Å²) in [6, 6.07) is 5.61. The SMILES string of the molecule is C=CCc1cccc(/C=N/C)c1O. The Morgan fingerprint density at radius 2 is 2.31 bits per heavy atom. The van der Waals surface area contributed by atoms with E-state index in [1.54, 1.807) is 19.3 Å². The van der Waals surface area contributed by atoms with Crippen molar-refractivity contribution in [1.29, 1.82) is 0 Å². The minimum Gasteiger partial charge on any atom is -0.507 e. The molecule has 0 aliphatic heterocycles. The van der Waals surface area contributed by atoms with E-state index in [2.05, 4.69) is 11.6 Å². The molecule has 0 saturated carbocycles. The Kier molecular flexibility index (Phi) is 3.26. The van der Waals surface area contributed by atoms with Gasteiger partial charge in [0.15, 0.2) is 0 Å². The summed E-state index contributed by atoms with van der Waals surface area (Å²) in [6.07, 6.45) is 4.08. The molecule has 0 unspecified atom stereocenters. The molecule has 0 aliphatic rings. The van der Waals surface area contributed by atoms with Gasteiger partial charge in [0, 0.05) is 18.8 Å². The van der Waals surface area contributed by atoms with Crippen molar-refractivity contribution in [3.8, 4) is 5.75 Å². The molecule has 1 rings (SSSR count). The molecule has 0 atom stereocenters. The van der Waals surface area contributed by atoms with Crippen LogP contribution in [0.15, 0.2) is 35.8 Å². The first-order chi connectivity index (χ1) is 6.29. The standard InChI is InChI=1S/C11H13NO/c1-3-5-9-6-4-7-10(8-12-2)11(9)13/h3-4,6-8,13H,1,5H2,2H3/b12-8+. The number of phenols is 1. The third-order valence-corrected chi connectivity index (χ3v) is 1.78. The van der Waals surface area contributed by atoms with Gasteiger partial charge in [-0.3, -0.25) is 4.99 Å². The Balaban J connectivity index is 3.09. The van der Waals surface area contributed by atoms with Crippen LogP contribution in [0.5, 0.6) is 5.75 Å². The highest BCUT2D eigenvalue weighted by molar-refractivity contribution is 5.83. The van der Waals surface area contributed by atoms with Crippen molar-refractivity contribution >= 4 is 6.21 Å². The number of aromatic hydroxyl groups is 1. The van der Waals surface area contributed by atoms with Gasteiger partial charge in [-0.05, 0) is 18.1 Å². The van der Waals surface area contributed by atoms with Gasteiger partial charge in [0.05, 0.1) is 0 Å². The van der Waals surface area contributed by atoms with Crippen LogP contribution in [-0.2, 0) is 6.42 Å². The molecule has 0 bridgehead atoms. The smallest absolute Gasteiger partial charge is 0.127 e. The summed E-state index contributed by atoms with van der Waals surface area (Å²) in [4.78, 5) is 3.86. The topological polar surface area (TPSA) is 32.6 Å². The predicted octanol–water partition coefficient (Wildman–Crippen LogP) is 2.17. The lowest BCUT2D eigenvalue weighted by Gasteiger charge is -2.03. The molecule has 1 aromatic carbocycles. The molecule has 0 aliphatic carbocycles. The van der Waals surface area contributed by atoms with Crippen LogP contribution in [0.2, 0.25) is 0 Å². The van der Waals surface area contributed by atoms with E-state index in [0.29, 0.717) is 12.2 Å². The van der Waals surface area contributed by atoms with Crippen molar-refractivity contribution < 1.29 is 5.11 Å². The average Bonchev–Trinajstić information content (AvgIpc) is 2.13. The number of hydrogen-bond acceptors (Lipinski definition) is 2. The number of nitrogens with zero attached hydrogens (tertiary/aromatic N) is 1. The number of phenolic OH excluding ortho intramolecular Hbond substituents is 1. The van der Waals surface area contributed by atoms with Gasteiger partial charge in [0.25, 0.3) is 0 Å². The molecule has 0 amide bonds. The Morgan fingerprint density at radius 3 is 2.92 bits per heavy atom. The van der Waals surface area contributed by atoms with E-state index >= 15 is 0 Å². The van der Waals surface area contributed by atoms with Gasteiger partial charge in [-0.15, -0.1) is 6.58 Å². The summed E-state index contributed by atoms with van der Waals surface area (Å²) in [5.74, 6) is 0.299. The van der Waals surface area contributed by atoms with E-state index in [4.69, 9.17) is 0 Å². The Morgan fingerprint density at radius 1 is 1.54 bits per heavy atom. The summed E-state index contributed by atoms with van der Waals surface area (Å²) in [5.41, 5.74) is 1.63. The maximum Gasteiger partial charge on any atom is 0.127 e. The van der Waals surface area contributed by atoms with Crippen LogP contribution in [0, 0.1) is 0 Å². The monoisotopic (exact) mass is 175 g/mol. The van der Waals surface area contributed by atoms with Crippen molar-refractivity contribution in [2.24, 2.45) is 4.99 Å². The van der Waals surface area contributed by atoms with Crippen molar-refractivity contribution in [2.45, 2.75) is 6.42 Å². The molecule has 0 heterocycles. The fourth-order valence-corrected chi connectivity index (χ4v) is 1.17. The second-order valence-corrected chi connectivity index (χ2v) is 2.74. The molecule has 1 aromatic rings. The van der Waals surface area contributed by atoms with Crippen LogP contribution in [0.4, 0.5) is 0 Å². The quantitative estimate of drug-likeness (QED) is 0.554. The van der Waals surface area contributed by atoms with Gasteiger partial charge >= 0.3 is 0 Å². The number of para-hydroxylation sites is 1. The van der Waals surface area contributed by atoms with Crippen molar-refractivity contribution in [1.82, 2.24) is 0 Å². The molecule has 0 radical (unpaired) electrons. The van der Waals surface area contributed by atoms with E-state index in [9.17, 15) is 5.11 Å². The largest absolute Gasteiger partial charge is 0.507 e. The fraction of sp³-hybridized carbons (Fsp3) is 0.182. The summed E-state index contributed by atoms with van der Waals surface area (Å²) < 4.78 is 0. The highest BCUT2D eigenvalue weighted by atomic mass is 16.3. The first-order valence-electron chi connectivity index (χ1n) is 4.13. The van der Waals surface area contributed by atoms with Gasteiger partial charge < -0.3 is 5.11 Å². The molecule has 2 heteroatoms. The zero-order chi connectivity index (χ0) is 9.68. The predicted molar refractivity (Wildman–Crippen MR) is 55.5 cm³/mol. The zero-order valence-corrected chi connectivity index (χ0v) is 7.70. The van der Waals surface area contributed by atoms with Gasteiger partial charge in [-0.25, -0.2) is 0 Å². The Hall–Kier alpha value is -1.57. The van der Waals surface area contributed by atoms with E-state index in [-0.39, 0.29) is 0 Å². The summed E-state index contributed by atoms with van der Waals surface area (Å²) in [6.45, 7) is 3.63. The van der Waals surface area contributed by atoms with E-state index < -0.39 is 0 Å². The second kappa shape index (κ2) is 4.45. The minimum absolute atomic E-state index is 0.299. The first-order valence-corrected chi connectivity index (χ1v) is 4.13. The maximum atomic E-state index is 9.71. The number of hydrogen-bond donors (Lipinski definition) is 1. The lowest BCUT2D eigenvalue weighted by atomic mass is 10.1. The van der Waals surface area contributed by atoms with Gasteiger partial charge in [-0.1, -0.05) is 18.2 Å². The van der Waals surface area contributed by atoms with Crippen molar-refractivity contribution in [3.05, 3.63) is 42.0 Å². The van der Waals surface area contributed by atoms with Crippen LogP contribution in [-0.4, -0.2) is 18.4 Å². The van der Waals surface area contributed by atoms with E-state index in [1.165, 1.54) is 0 Å². The van der Waals surface area contributed by atoms with E-state index in [1.807, 2.05) is 18.2 Å². The molecule has 1 N–H and O–H groups in total. The fourth-order valence-electron chi connectivity index (χ4n) is 1.17. The number of allylic oxidation sites excluding steroid dienone is 1. The average molecular weight is 175 g/mol. The second-order valence-electron chi connectivity index (χ2n) is 2.74. The molecule has 68 valence electrons. The van der Waals surface area contributed by atoms with Crippen molar-refractivity contribution in [3.63, 3.8) is 0 Å².